The number of Topliss-reactive ketones (excluding diaryl/α,β-unsaturated/α-hetero) is 1. The number of rotatable bonds is 3. The number of aromatic nitrogens is 2. The van der Waals surface area contributed by atoms with Gasteiger partial charge < -0.3 is 4.57 Å². The van der Waals surface area contributed by atoms with Gasteiger partial charge in [-0.3, -0.25) is 4.79 Å². The van der Waals surface area contributed by atoms with Gasteiger partial charge in [0, 0.05) is 47.4 Å². The van der Waals surface area contributed by atoms with E-state index in [-0.39, 0.29) is 5.41 Å². The Morgan fingerprint density at radius 3 is 2.76 bits per heavy atom. The second-order valence-electron chi connectivity index (χ2n) is 6.87. The number of fused-ring (bicyclic) bond motifs is 1. The van der Waals surface area contributed by atoms with Crippen molar-refractivity contribution in [1.29, 1.82) is 0 Å². The molecule has 21 heavy (non-hydrogen) atoms. The Kier molecular flexibility index (Phi) is 3.52. The molecule has 2 aromatic heterocycles. The quantitative estimate of drug-likeness (QED) is 0.860. The summed E-state index contributed by atoms with van der Waals surface area (Å²) >= 11 is 1.72. The van der Waals surface area contributed by atoms with E-state index in [1.54, 1.807) is 11.3 Å². The van der Waals surface area contributed by atoms with Crippen LogP contribution in [0.3, 0.4) is 0 Å². The first-order chi connectivity index (χ1) is 9.85. The minimum absolute atomic E-state index is 0.0738. The highest BCUT2D eigenvalue weighted by Gasteiger charge is 2.33. The maximum Gasteiger partial charge on any atom is 0.165 e. The van der Waals surface area contributed by atoms with Gasteiger partial charge in [0.25, 0.3) is 0 Å². The number of ketones is 1. The van der Waals surface area contributed by atoms with Crippen molar-refractivity contribution in [2.24, 2.45) is 5.41 Å². The first-order valence-corrected chi connectivity index (χ1v) is 8.37. The molecule has 0 saturated heterocycles. The van der Waals surface area contributed by atoms with Gasteiger partial charge in [0.2, 0.25) is 0 Å². The Labute approximate surface area is 130 Å². The molecule has 1 aliphatic carbocycles. The van der Waals surface area contributed by atoms with Gasteiger partial charge in [-0.2, -0.15) is 0 Å². The van der Waals surface area contributed by atoms with Crippen LogP contribution in [0.25, 0.3) is 0 Å². The van der Waals surface area contributed by atoms with Crippen LogP contribution in [0.5, 0.6) is 0 Å². The van der Waals surface area contributed by atoms with Crippen molar-refractivity contribution in [1.82, 2.24) is 9.55 Å². The van der Waals surface area contributed by atoms with Crippen LogP contribution in [0.2, 0.25) is 0 Å². The number of nitrogens with zero attached hydrogens (tertiary/aromatic N) is 2. The second kappa shape index (κ2) is 5.09. The van der Waals surface area contributed by atoms with Crippen LogP contribution < -0.4 is 0 Å². The molecule has 0 aliphatic heterocycles. The first-order valence-electron chi connectivity index (χ1n) is 7.49. The van der Waals surface area contributed by atoms with E-state index in [1.807, 2.05) is 6.92 Å². The molecular weight excluding hydrogens is 280 g/mol. The lowest BCUT2D eigenvalue weighted by Crippen LogP contribution is -2.28. The number of hydrogen-bond acceptors (Lipinski definition) is 3. The average Bonchev–Trinajstić information content (AvgIpc) is 2.90. The van der Waals surface area contributed by atoms with Gasteiger partial charge in [0.05, 0.1) is 5.01 Å². The van der Waals surface area contributed by atoms with Gasteiger partial charge in [0.15, 0.2) is 5.78 Å². The SMILES string of the molecule is Cc1csc(CCn2c(C)cc3c2CC(C)(C)CC3=O)n1. The smallest absolute Gasteiger partial charge is 0.165 e. The molecule has 3 rings (SSSR count). The molecular formula is C17H22N2OS. The fraction of sp³-hybridized carbons (Fsp3) is 0.529. The van der Waals surface area contributed by atoms with Crippen LogP contribution in [0.15, 0.2) is 11.4 Å². The molecule has 0 spiro atoms. The predicted molar refractivity (Wildman–Crippen MR) is 86.2 cm³/mol. The Hall–Kier alpha value is -1.42. The van der Waals surface area contributed by atoms with E-state index in [4.69, 9.17) is 0 Å². The highest BCUT2D eigenvalue weighted by Crippen LogP contribution is 2.36. The molecule has 2 aromatic rings. The van der Waals surface area contributed by atoms with Gasteiger partial charge in [-0.1, -0.05) is 13.8 Å². The van der Waals surface area contributed by atoms with Crippen LogP contribution in [0, 0.1) is 19.3 Å². The molecule has 1 aliphatic rings. The molecule has 0 N–H and O–H groups in total. The molecule has 0 radical (unpaired) electrons. The van der Waals surface area contributed by atoms with Gasteiger partial charge in [0.1, 0.15) is 0 Å². The summed E-state index contributed by atoms with van der Waals surface area (Å²) in [5.74, 6) is 0.299. The number of thiazole rings is 1. The summed E-state index contributed by atoms with van der Waals surface area (Å²) in [6.07, 6.45) is 2.59. The highest BCUT2D eigenvalue weighted by molar-refractivity contribution is 7.09. The van der Waals surface area contributed by atoms with E-state index in [0.29, 0.717) is 12.2 Å². The van der Waals surface area contributed by atoms with Gasteiger partial charge in [-0.05, 0) is 31.7 Å². The van der Waals surface area contributed by atoms with E-state index in [1.165, 1.54) is 16.4 Å². The summed E-state index contributed by atoms with van der Waals surface area (Å²) < 4.78 is 2.32. The van der Waals surface area contributed by atoms with Crippen molar-refractivity contribution >= 4 is 17.1 Å². The summed E-state index contributed by atoms with van der Waals surface area (Å²) in [6, 6.07) is 2.07. The molecule has 0 fully saturated rings. The van der Waals surface area contributed by atoms with E-state index < -0.39 is 0 Å². The molecule has 4 heteroatoms. The van der Waals surface area contributed by atoms with E-state index >= 15 is 0 Å². The summed E-state index contributed by atoms with van der Waals surface area (Å²) in [4.78, 5) is 16.9. The molecule has 0 amide bonds. The van der Waals surface area contributed by atoms with Gasteiger partial charge >= 0.3 is 0 Å². The van der Waals surface area contributed by atoms with E-state index in [9.17, 15) is 4.79 Å². The zero-order valence-corrected chi connectivity index (χ0v) is 14.0. The monoisotopic (exact) mass is 302 g/mol. The lowest BCUT2D eigenvalue weighted by atomic mass is 9.76. The minimum atomic E-state index is 0.0738. The standard InChI is InChI=1S/C17H22N2OS/c1-11-10-21-16(18-11)5-6-19-12(2)7-13-14(19)8-17(3,4)9-15(13)20/h7,10H,5-6,8-9H2,1-4H3. The van der Waals surface area contributed by atoms with Crippen molar-refractivity contribution in [2.75, 3.05) is 0 Å². The van der Waals surface area contributed by atoms with Crippen LogP contribution in [0.1, 0.15) is 52.7 Å². The number of hydrogen-bond donors (Lipinski definition) is 0. The van der Waals surface area contributed by atoms with Crippen LogP contribution in [0.4, 0.5) is 0 Å². The minimum Gasteiger partial charge on any atom is -0.348 e. The molecule has 112 valence electrons. The third kappa shape index (κ3) is 2.82. The average molecular weight is 302 g/mol. The van der Waals surface area contributed by atoms with Crippen LogP contribution in [-0.2, 0) is 19.4 Å². The summed E-state index contributed by atoms with van der Waals surface area (Å²) in [6.45, 7) is 9.42. The van der Waals surface area contributed by atoms with Crippen molar-refractivity contribution in [3.05, 3.63) is 39.1 Å². The third-order valence-electron chi connectivity index (χ3n) is 4.22. The third-order valence-corrected chi connectivity index (χ3v) is 5.24. The highest BCUT2D eigenvalue weighted by atomic mass is 32.1. The lowest BCUT2D eigenvalue weighted by Gasteiger charge is -2.29. The molecule has 2 heterocycles. The number of aryl methyl sites for hydroxylation is 3. The van der Waals surface area contributed by atoms with E-state index in [2.05, 4.69) is 41.8 Å². The maximum atomic E-state index is 12.3. The van der Waals surface area contributed by atoms with Crippen molar-refractivity contribution < 1.29 is 4.79 Å². The maximum absolute atomic E-state index is 12.3. The summed E-state index contributed by atoms with van der Waals surface area (Å²) in [5, 5.41) is 3.27. The zero-order valence-electron chi connectivity index (χ0n) is 13.2. The van der Waals surface area contributed by atoms with Crippen molar-refractivity contribution in [2.45, 2.75) is 53.5 Å². The normalized spacial score (nSPS) is 17.0. The zero-order chi connectivity index (χ0) is 15.2. The lowest BCUT2D eigenvalue weighted by molar-refractivity contribution is 0.0910. The molecule has 0 saturated carbocycles. The molecule has 0 bridgehead atoms. The summed E-state index contributed by atoms with van der Waals surface area (Å²) in [5.41, 5.74) is 4.53. The van der Waals surface area contributed by atoms with Gasteiger partial charge in [-0.15, -0.1) is 11.3 Å². The molecule has 0 atom stereocenters. The van der Waals surface area contributed by atoms with Gasteiger partial charge in [-0.25, -0.2) is 4.98 Å². The second-order valence-corrected chi connectivity index (χ2v) is 7.81. The van der Waals surface area contributed by atoms with Crippen LogP contribution in [-0.4, -0.2) is 15.3 Å². The Morgan fingerprint density at radius 2 is 2.10 bits per heavy atom. The molecule has 3 nitrogen and oxygen atoms in total. The first kappa shape index (κ1) is 14.5. The Balaban J connectivity index is 1.88. The van der Waals surface area contributed by atoms with Crippen LogP contribution >= 0.6 is 11.3 Å². The summed E-state index contributed by atoms with van der Waals surface area (Å²) in [7, 11) is 0. The van der Waals surface area contributed by atoms with Crippen molar-refractivity contribution in [3.8, 4) is 0 Å². The predicted octanol–water partition coefficient (Wildman–Crippen LogP) is 3.96. The largest absolute Gasteiger partial charge is 0.348 e. The molecule has 0 unspecified atom stereocenters. The fourth-order valence-corrected chi connectivity index (χ4v) is 4.01. The van der Waals surface area contributed by atoms with E-state index in [0.717, 1.165) is 30.6 Å². The van der Waals surface area contributed by atoms with Crippen molar-refractivity contribution in [3.63, 3.8) is 0 Å². The topological polar surface area (TPSA) is 34.9 Å². The number of carbonyl (C=O) groups is 1. The Morgan fingerprint density at radius 1 is 1.33 bits per heavy atom. The fourth-order valence-electron chi connectivity index (χ4n) is 3.24. The number of carbonyl (C=O) groups excluding carboxylic acids is 1. The molecule has 0 aromatic carbocycles. The Bertz CT molecular complexity index is 694.